The summed E-state index contributed by atoms with van der Waals surface area (Å²) in [7, 11) is 0. The highest BCUT2D eigenvalue weighted by molar-refractivity contribution is 5.55. The van der Waals surface area contributed by atoms with E-state index in [1.54, 1.807) is 0 Å². The Balaban J connectivity index is 1.91. The van der Waals surface area contributed by atoms with Gasteiger partial charge in [-0.05, 0) is 43.2 Å². The lowest BCUT2D eigenvalue weighted by atomic mass is 10.1. The first kappa shape index (κ1) is 13.0. The number of nitrogens with zero attached hydrogens (tertiary/aromatic N) is 1. The van der Waals surface area contributed by atoms with Gasteiger partial charge >= 0.3 is 0 Å². The molecule has 1 aliphatic carbocycles. The summed E-state index contributed by atoms with van der Waals surface area (Å²) in [5.41, 5.74) is 2.93. The molecule has 0 aromatic heterocycles. The van der Waals surface area contributed by atoms with Crippen LogP contribution in [0.25, 0.3) is 0 Å². The van der Waals surface area contributed by atoms with Gasteiger partial charge in [-0.2, -0.15) is 0 Å². The van der Waals surface area contributed by atoms with Gasteiger partial charge in [-0.1, -0.05) is 32.0 Å². The van der Waals surface area contributed by atoms with E-state index in [1.807, 2.05) is 0 Å². The van der Waals surface area contributed by atoms with Gasteiger partial charge in [-0.25, -0.2) is 0 Å². The van der Waals surface area contributed by atoms with E-state index in [0.717, 1.165) is 12.5 Å². The Morgan fingerprint density at radius 3 is 2.63 bits per heavy atom. The number of fused-ring (bicyclic) bond motifs is 1. The average molecular weight is 258 g/mol. The Bertz CT molecular complexity index is 421. The largest absolute Gasteiger partial charge is 0.367 e. The Morgan fingerprint density at radius 1 is 1.21 bits per heavy atom. The minimum atomic E-state index is 0.683. The number of nitrogens with one attached hydrogen (secondary N) is 1. The number of hydrogen-bond donors (Lipinski definition) is 1. The van der Waals surface area contributed by atoms with Crippen LogP contribution in [0.15, 0.2) is 24.3 Å². The predicted octanol–water partition coefficient (Wildman–Crippen LogP) is 3.56. The first-order valence-electron chi connectivity index (χ1n) is 7.91. The van der Waals surface area contributed by atoms with Crippen LogP contribution in [0.3, 0.4) is 0 Å². The third-order valence-corrected chi connectivity index (χ3v) is 4.82. The van der Waals surface area contributed by atoms with Crippen molar-refractivity contribution in [1.82, 2.24) is 5.32 Å². The van der Waals surface area contributed by atoms with Gasteiger partial charge in [0.25, 0.3) is 0 Å². The summed E-state index contributed by atoms with van der Waals surface area (Å²) >= 11 is 0. The molecule has 19 heavy (non-hydrogen) atoms. The van der Waals surface area contributed by atoms with Crippen molar-refractivity contribution in [2.24, 2.45) is 5.92 Å². The van der Waals surface area contributed by atoms with Crippen LogP contribution in [0.1, 0.15) is 45.1 Å². The van der Waals surface area contributed by atoms with Gasteiger partial charge in [-0.15, -0.1) is 0 Å². The lowest BCUT2D eigenvalue weighted by Gasteiger charge is -2.34. The van der Waals surface area contributed by atoms with Crippen molar-refractivity contribution in [2.75, 3.05) is 11.4 Å². The fourth-order valence-electron chi connectivity index (χ4n) is 3.45. The molecule has 1 aromatic carbocycles. The van der Waals surface area contributed by atoms with Crippen LogP contribution in [0.5, 0.6) is 0 Å². The fourth-order valence-corrected chi connectivity index (χ4v) is 3.45. The molecule has 2 heteroatoms. The second-order valence-corrected chi connectivity index (χ2v) is 6.08. The molecule has 1 fully saturated rings. The maximum atomic E-state index is 3.79. The molecule has 1 aliphatic heterocycles. The highest BCUT2D eigenvalue weighted by Gasteiger charge is 2.35. The molecule has 1 saturated carbocycles. The van der Waals surface area contributed by atoms with Gasteiger partial charge in [0.05, 0.1) is 0 Å². The van der Waals surface area contributed by atoms with Crippen LogP contribution < -0.4 is 10.2 Å². The molecule has 1 heterocycles. The summed E-state index contributed by atoms with van der Waals surface area (Å²) in [4.78, 5) is 2.68. The monoisotopic (exact) mass is 258 g/mol. The van der Waals surface area contributed by atoms with E-state index in [4.69, 9.17) is 0 Å². The van der Waals surface area contributed by atoms with E-state index in [-0.39, 0.29) is 0 Å². The maximum Gasteiger partial charge on any atom is 0.0414 e. The van der Waals surface area contributed by atoms with Gasteiger partial charge in [-0.3, -0.25) is 0 Å². The topological polar surface area (TPSA) is 15.3 Å². The summed E-state index contributed by atoms with van der Waals surface area (Å²) in [6.45, 7) is 6.87. The third-order valence-electron chi connectivity index (χ3n) is 4.82. The molecule has 0 saturated heterocycles. The first-order valence-corrected chi connectivity index (χ1v) is 7.91. The summed E-state index contributed by atoms with van der Waals surface area (Å²) in [6.07, 6.45) is 5.32. The summed E-state index contributed by atoms with van der Waals surface area (Å²) < 4.78 is 0. The van der Waals surface area contributed by atoms with Crippen LogP contribution in [0.2, 0.25) is 0 Å². The molecule has 0 bridgehead atoms. The Kier molecular flexibility index (Phi) is 3.79. The minimum absolute atomic E-state index is 0.683. The second kappa shape index (κ2) is 5.54. The fraction of sp³-hybridized carbons (Fsp3) is 0.647. The first-order chi connectivity index (χ1) is 9.33. The Morgan fingerprint density at radius 2 is 1.95 bits per heavy atom. The number of benzene rings is 1. The zero-order valence-corrected chi connectivity index (χ0v) is 12.2. The average Bonchev–Trinajstić information content (AvgIpc) is 3.27. The van der Waals surface area contributed by atoms with Crippen LogP contribution >= 0.6 is 0 Å². The van der Waals surface area contributed by atoms with Crippen molar-refractivity contribution in [1.29, 1.82) is 0 Å². The van der Waals surface area contributed by atoms with Crippen molar-refractivity contribution in [3.05, 3.63) is 29.8 Å². The van der Waals surface area contributed by atoms with Crippen molar-refractivity contribution in [2.45, 2.75) is 58.2 Å². The second-order valence-electron chi connectivity index (χ2n) is 6.08. The van der Waals surface area contributed by atoms with E-state index < -0.39 is 0 Å². The normalized spacial score (nSPS) is 23.3. The van der Waals surface area contributed by atoms with Gasteiger partial charge < -0.3 is 10.2 Å². The zero-order chi connectivity index (χ0) is 13.2. The van der Waals surface area contributed by atoms with Crippen LogP contribution in [0, 0.1) is 5.92 Å². The molecule has 0 radical (unpaired) electrons. The Hall–Kier alpha value is -1.02. The maximum absolute atomic E-state index is 3.79. The SMILES string of the molecule is CCC(CC)N1CC(C2CC2)NCc2ccccc21. The van der Waals surface area contributed by atoms with Crippen molar-refractivity contribution < 1.29 is 0 Å². The molecule has 1 N–H and O–H groups in total. The van der Waals surface area contributed by atoms with Gasteiger partial charge in [0.1, 0.15) is 0 Å². The van der Waals surface area contributed by atoms with Crippen molar-refractivity contribution in [3.8, 4) is 0 Å². The van der Waals surface area contributed by atoms with Crippen molar-refractivity contribution >= 4 is 5.69 Å². The molecule has 1 atom stereocenters. The van der Waals surface area contributed by atoms with Crippen molar-refractivity contribution in [3.63, 3.8) is 0 Å². The molecule has 2 nitrogen and oxygen atoms in total. The molecular formula is C17H26N2. The number of para-hydroxylation sites is 1. The number of rotatable bonds is 4. The summed E-state index contributed by atoms with van der Waals surface area (Å²) in [5, 5.41) is 3.79. The van der Waals surface area contributed by atoms with Crippen LogP contribution in [-0.2, 0) is 6.54 Å². The number of anilines is 1. The highest BCUT2D eigenvalue weighted by Crippen LogP contribution is 2.36. The van der Waals surface area contributed by atoms with E-state index in [0.29, 0.717) is 12.1 Å². The smallest absolute Gasteiger partial charge is 0.0414 e. The molecule has 0 spiro atoms. The quantitative estimate of drug-likeness (QED) is 0.888. The molecule has 1 unspecified atom stereocenters. The third kappa shape index (κ3) is 2.64. The van der Waals surface area contributed by atoms with Crippen LogP contribution in [-0.4, -0.2) is 18.6 Å². The standard InChI is InChI=1S/C17H26N2/c1-3-15(4-2)19-12-16(13-9-10-13)18-11-14-7-5-6-8-17(14)19/h5-8,13,15-16,18H,3-4,9-12H2,1-2H3. The van der Waals surface area contributed by atoms with E-state index in [2.05, 4.69) is 48.3 Å². The van der Waals surface area contributed by atoms with Gasteiger partial charge in [0.2, 0.25) is 0 Å². The lowest BCUT2D eigenvalue weighted by molar-refractivity contribution is 0.442. The summed E-state index contributed by atoms with van der Waals surface area (Å²) in [5.74, 6) is 0.922. The van der Waals surface area contributed by atoms with E-state index in [9.17, 15) is 0 Å². The Labute approximate surface area is 117 Å². The molecular weight excluding hydrogens is 232 g/mol. The molecule has 0 amide bonds. The van der Waals surface area contributed by atoms with Gasteiger partial charge in [0, 0.05) is 30.9 Å². The number of hydrogen-bond acceptors (Lipinski definition) is 2. The van der Waals surface area contributed by atoms with E-state index in [1.165, 1.54) is 43.5 Å². The minimum Gasteiger partial charge on any atom is -0.367 e. The molecule has 3 rings (SSSR count). The zero-order valence-electron chi connectivity index (χ0n) is 12.2. The molecule has 2 aliphatic rings. The molecule has 104 valence electrons. The summed E-state index contributed by atoms with van der Waals surface area (Å²) in [6, 6.07) is 10.3. The van der Waals surface area contributed by atoms with E-state index >= 15 is 0 Å². The predicted molar refractivity (Wildman–Crippen MR) is 81.5 cm³/mol. The van der Waals surface area contributed by atoms with Crippen LogP contribution in [0.4, 0.5) is 5.69 Å². The lowest BCUT2D eigenvalue weighted by Crippen LogP contribution is -2.44. The van der Waals surface area contributed by atoms with Gasteiger partial charge in [0.15, 0.2) is 0 Å². The highest BCUT2D eigenvalue weighted by atomic mass is 15.2. The molecule has 1 aromatic rings.